The summed E-state index contributed by atoms with van der Waals surface area (Å²) < 4.78 is 0. The van der Waals surface area contributed by atoms with Gasteiger partial charge in [-0.05, 0) is 36.8 Å². The van der Waals surface area contributed by atoms with Gasteiger partial charge in [0.15, 0.2) is 0 Å². The van der Waals surface area contributed by atoms with Gasteiger partial charge in [-0.1, -0.05) is 6.92 Å². The fraction of sp³-hybridized carbons (Fsp3) is 0.500. The molecule has 0 radical (unpaired) electrons. The summed E-state index contributed by atoms with van der Waals surface area (Å²) in [6.07, 6.45) is 1.18. The van der Waals surface area contributed by atoms with E-state index in [-0.39, 0.29) is 0 Å². The molecule has 1 aromatic heterocycles. The van der Waals surface area contributed by atoms with Gasteiger partial charge in [-0.3, -0.25) is 0 Å². The lowest BCUT2D eigenvalue weighted by atomic mass is 10.2. The van der Waals surface area contributed by atoms with Crippen LogP contribution in [0.2, 0.25) is 0 Å². The van der Waals surface area contributed by atoms with Gasteiger partial charge in [0.25, 0.3) is 0 Å². The van der Waals surface area contributed by atoms with Crippen LogP contribution in [0.4, 0.5) is 0 Å². The highest BCUT2D eigenvalue weighted by Gasteiger charge is 1.99. The van der Waals surface area contributed by atoms with Crippen LogP contribution in [0.1, 0.15) is 22.9 Å². The van der Waals surface area contributed by atoms with Crippen LogP contribution < -0.4 is 0 Å². The van der Waals surface area contributed by atoms with Crippen LogP contribution in [0.5, 0.6) is 0 Å². The van der Waals surface area contributed by atoms with E-state index in [1.54, 1.807) is 0 Å². The first-order valence-corrected chi connectivity index (χ1v) is 4.17. The Labute approximate surface area is 60.5 Å². The average Bonchev–Trinajstić information content (AvgIpc) is 2.15. The first kappa shape index (κ1) is 6.81. The molecule has 0 aliphatic heterocycles. The molecular formula is C8H12S. The van der Waals surface area contributed by atoms with E-state index in [0.717, 1.165) is 0 Å². The molecule has 0 atom stereocenters. The van der Waals surface area contributed by atoms with Gasteiger partial charge in [-0.15, -0.1) is 11.3 Å². The summed E-state index contributed by atoms with van der Waals surface area (Å²) >= 11 is 1.88. The summed E-state index contributed by atoms with van der Waals surface area (Å²) in [5.74, 6) is 0. The minimum atomic E-state index is 1.18. The van der Waals surface area contributed by atoms with Crippen molar-refractivity contribution in [2.45, 2.75) is 27.2 Å². The molecule has 1 rings (SSSR count). The van der Waals surface area contributed by atoms with E-state index in [9.17, 15) is 0 Å². The fourth-order valence-corrected chi connectivity index (χ4v) is 1.90. The second-order valence-electron chi connectivity index (χ2n) is 2.32. The molecule has 1 aromatic rings. The Balaban J connectivity index is 3.04. The van der Waals surface area contributed by atoms with E-state index in [1.165, 1.54) is 22.4 Å². The van der Waals surface area contributed by atoms with Crippen LogP contribution in [0.15, 0.2) is 5.38 Å². The average molecular weight is 140 g/mol. The number of rotatable bonds is 1. The quantitative estimate of drug-likeness (QED) is 0.562. The molecule has 0 saturated heterocycles. The Morgan fingerprint density at radius 2 is 2.11 bits per heavy atom. The van der Waals surface area contributed by atoms with Gasteiger partial charge >= 0.3 is 0 Å². The molecule has 0 aromatic carbocycles. The smallest absolute Gasteiger partial charge is 0.00743 e. The molecule has 0 fully saturated rings. The van der Waals surface area contributed by atoms with E-state index < -0.39 is 0 Å². The number of hydrogen-bond acceptors (Lipinski definition) is 1. The standard InChI is InChI=1S/C8H12S/c1-4-8-7(3)6(2)5-9-8/h5H,4H2,1-3H3. The van der Waals surface area contributed by atoms with Crippen molar-refractivity contribution < 1.29 is 0 Å². The van der Waals surface area contributed by atoms with Gasteiger partial charge in [0.2, 0.25) is 0 Å². The molecule has 0 saturated carbocycles. The number of hydrogen-bond donors (Lipinski definition) is 0. The second kappa shape index (κ2) is 2.53. The zero-order valence-electron chi connectivity index (χ0n) is 6.19. The zero-order valence-corrected chi connectivity index (χ0v) is 7.01. The Hall–Kier alpha value is -0.300. The van der Waals surface area contributed by atoms with Crippen LogP contribution >= 0.6 is 11.3 Å². The van der Waals surface area contributed by atoms with Crippen LogP contribution in [0.3, 0.4) is 0 Å². The molecular weight excluding hydrogens is 128 g/mol. The second-order valence-corrected chi connectivity index (χ2v) is 3.28. The van der Waals surface area contributed by atoms with Gasteiger partial charge < -0.3 is 0 Å². The third kappa shape index (κ3) is 1.16. The summed E-state index contributed by atoms with van der Waals surface area (Å²) in [7, 11) is 0. The third-order valence-corrected chi connectivity index (χ3v) is 3.06. The monoisotopic (exact) mass is 140 g/mol. The maximum absolute atomic E-state index is 2.23. The van der Waals surface area contributed by atoms with Crippen molar-refractivity contribution in [1.29, 1.82) is 0 Å². The summed E-state index contributed by atoms with van der Waals surface area (Å²) in [5, 5.41) is 2.23. The lowest BCUT2D eigenvalue weighted by Crippen LogP contribution is -1.77. The molecule has 0 N–H and O–H groups in total. The minimum absolute atomic E-state index is 1.18. The van der Waals surface area contributed by atoms with Crippen LogP contribution in [0.25, 0.3) is 0 Å². The van der Waals surface area contributed by atoms with E-state index in [4.69, 9.17) is 0 Å². The molecule has 0 nitrogen and oxygen atoms in total. The Morgan fingerprint density at radius 3 is 2.33 bits per heavy atom. The number of thiophene rings is 1. The van der Waals surface area contributed by atoms with Crippen molar-refractivity contribution in [2.24, 2.45) is 0 Å². The highest BCUT2D eigenvalue weighted by Crippen LogP contribution is 2.20. The van der Waals surface area contributed by atoms with Crippen LogP contribution in [0, 0.1) is 13.8 Å². The van der Waals surface area contributed by atoms with Gasteiger partial charge in [-0.25, -0.2) is 0 Å². The molecule has 0 aliphatic rings. The van der Waals surface area contributed by atoms with Crippen molar-refractivity contribution in [2.75, 3.05) is 0 Å². The predicted molar refractivity (Wildman–Crippen MR) is 43.2 cm³/mol. The normalized spacial score (nSPS) is 10.1. The van der Waals surface area contributed by atoms with Crippen LogP contribution in [-0.4, -0.2) is 0 Å². The maximum Gasteiger partial charge on any atom is 0.00743 e. The number of aryl methyl sites for hydroxylation is 2. The molecule has 1 heterocycles. The summed E-state index contributed by atoms with van der Waals surface area (Å²) in [4.78, 5) is 1.53. The van der Waals surface area contributed by atoms with E-state index in [2.05, 4.69) is 26.2 Å². The molecule has 0 unspecified atom stereocenters. The lowest BCUT2D eigenvalue weighted by Gasteiger charge is -1.91. The minimum Gasteiger partial charge on any atom is -0.148 e. The topological polar surface area (TPSA) is 0 Å². The Kier molecular flexibility index (Phi) is 1.91. The van der Waals surface area contributed by atoms with Gasteiger partial charge in [0, 0.05) is 4.88 Å². The third-order valence-electron chi connectivity index (χ3n) is 1.71. The molecule has 0 bridgehead atoms. The SMILES string of the molecule is CCc1scc(C)c1C. The Morgan fingerprint density at radius 1 is 1.44 bits per heavy atom. The van der Waals surface area contributed by atoms with Crippen LogP contribution in [-0.2, 0) is 6.42 Å². The van der Waals surface area contributed by atoms with E-state index >= 15 is 0 Å². The summed E-state index contributed by atoms with van der Waals surface area (Å²) in [6, 6.07) is 0. The fourth-order valence-electron chi connectivity index (χ4n) is 0.905. The Bertz CT molecular complexity index is 198. The first-order chi connectivity index (χ1) is 4.25. The maximum atomic E-state index is 2.23. The van der Waals surface area contributed by atoms with Gasteiger partial charge in [0.05, 0.1) is 0 Å². The van der Waals surface area contributed by atoms with Crippen molar-refractivity contribution >= 4 is 11.3 Å². The molecule has 9 heavy (non-hydrogen) atoms. The van der Waals surface area contributed by atoms with Crippen molar-refractivity contribution in [3.8, 4) is 0 Å². The first-order valence-electron chi connectivity index (χ1n) is 3.29. The van der Waals surface area contributed by atoms with Crippen molar-refractivity contribution in [3.05, 3.63) is 21.4 Å². The predicted octanol–water partition coefficient (Wildman–Crippen LogP) is 2.93. The molecule has 0 aliphatic carbocycles. The summed E-state index contributed by atoms with van der Waals surface area (Å²) in [6.45, 7) is 6.58. The van der Waals surface area contributed by atoms with E-state index in [1.807, 2.05) is 11.3 Å². The molecule has 0 amide bonds. The van der Waals surface area contributed by atoms with Gasteiger partial charge in [-0.2, -0.15) is 0 Å². The highest BCUT2D eigenvalue weighted by atomic mass is 32.1. The largest absolute Gasteiger partial charge is 0.148 e. The summed E-state index contributed by atoms with van der Waals surface area (Å²) in [5.41, 5.74) is 2.93. The van der Waals surface area contributed by atoms with Crippen molar-refractivity contribution in [3.63, 3.8) is 0 Å². The molecule has 1 heteroatoms. The van der Waals surface area contributed by atoms with E-state index in [0.29, 0.717) is 0 Å². The molecule has 0 spiro atoms. The zero-order chi connectivity index (χ0) is 6.85. The van der Waals surface area contributed by atoms with Crippen molar-refractivity contribution in [1.82, 2.24) is 0 Å². The molecule has 50 valence electrons. The van der Waals surface area contributed by atoms with Gasteiger partial charge in [0.1, 0.15) is 0 Å². The highest BCUT2D eigenvalue weighted by molar-refractivity contribution is 7.10. The lowest BCUT2D eigenvalue weighted by molar-refractivity contribution is 1.15.